The van der Waals surface area contributed by atoms with Crippen LogP contribution in [0.2, 0.25) is 0 Å². The monoisotopic (exact) mass is 276 g/mol. The van der Waals surface area contributed by atoms with Crippen LogP contribution in [0, 0.1) is 0 Å². The number of para-hydroxylation sites is 1. The summed E-state index contributed by atoms with van der Waals surface area (Å²) in [5, 5.41) is 5.62. The number of hydrogen-bond donors (Lipinski definition) is 1. The smallest absolute Gasteiger partial charge is 0.124 e. The fourth-order valence-electron chi connectivity index (χ4n) is 2.01. The molecule has 4 heteroatoms. The van der Waals surface area contributed by atoms with Crippen LogP contribution in [0.3, 0.4) is 0 Å². The zero-order valence-electron chi connectivity index (χ0n) is 11.4. The molecule has 0 fully saturated rings. The Hall–Kier alpha value is -1.39. The third-order valence-corrected chi connectivity index (χ3v) is 3.64. The number of aromatic nitrogens is 1. The SMILES string of the molecule is CCOc1ccccc1C(C)NCCc1cscn1. The van der Waals surface area contributed by atoms with E-state index in [4.69, 9.17) is 4.74 Å². The lowest BCUT2D eigenvalue weighted by atomic mass is 10.1. The number of nitrogens with one attached hydrogen (secondary N) is 1. The van der Waals surface area contributed by atoms with Crippen molar-refractivity contribution in [3.05, 3.63) is 46.4 Å². The van der Waals surface area contributed by atoms with Crippen LogP contribution in [-0.2, 0) is 6.42 Å². The summed E-state index contributed by atoms with van der Waals surface area (Å²) in [7, 11) is 0. The maximum atomic E-state index is 5.66. The molecule has 0 aliphatic carbocycles. The first-order chi connectivity index (χ1) is 9.31. The Morgan fingerprint density at radius 1 is 1.37 bits per heavy atom. The van der Waals surface area contributed by atoms with Gasteiger partial charge in [-0.25, -0.2) is 4.98 Å². The quantitative estimate of drug-likeness (QED) is 0.841. The molecule has 0 bridgehead atoms. The van der Waals surface area contributed by atoms with E-state index in [1.165, 1.54) is 5.56 Å². The maximum Gasteiger partial charge on any atom is 0.124 e. The second-order valence-electron chi connectivity index (χ2n) is 4.38. The molecule has 1 heterocycles. The molecule has 0 saturated carbocycles. The van der Waals surface area contributed by atoms with Crippen LogP contribution in [0.4, 0.5) is 0 Å². The second kappa shape index (κ2) is 7.26. The third kappa shape index (κ3) is 4.04. The highest BCUT2D eigenvalue weighted by molar-refractivity contribution is 7.07. The molecule has 1 N–H and O–H groups in total. The summed E-state index contributed by atoms with van der Waals surface area (Å²) in [6, 6.07) is 8.48. The summed E-state index contributed by atoms with van der Waals surface area (Å²) in [6.07, 6.45) is 0.963. The van der Waals surface area contributed by atoms with Crippen molar-refractivity contribution in [2.24, 2.45) is 0 Å². The molecule has 0 aliphatic heterocycles. The van der Waals surface area contributed by atoms with Crippen molar-refractivity contribution in [3.63, 3.8) is 0 Å². The van der Waals surface area contributed by atoms with E-state index in [0.29, 0.717) is 6.61 Å². The second-order valence-corrected chi connectivity index (χ2v) is 5.10. The van der Waals surface area contributed by atoms with Crippen molar-refractivity contribution in [3.8, 4) is 5.75 Å². The van der Waals surface area contributed by atoms with E-state index < -0.39 is 0 Å². The van der Waals surface area contributed by atoms with Crippen molar-refractivity contribution < 1.29 is 4.74 Å². The van der Waals surface area contributed by atoms with Gasteiger partial charge < -0.3 is 10.1 Å². The molecule has 2 rings (SSSR count). The molecule has 0 amide bonds. The summed E-state index contributed by atoms with van der Waals surface area (Å²) in [5.74, 6) is 0.971. The van der Waals surface area contributed by atoms with Crippen LogP contribution >= 0.6 is 11.3 Å². The fraction of sp³-hybridized carbons (Fsp3) is 0.400. The molecule has 3 nitrogen and oxygen atoms in total. The molecule has 1 unspecified atom stereocenters. The standard InChI is InChI=1S/C15H20N2OS/c1-3-18-15-7-5-4-6-14(15)12(2)16-9-8-13-10-19-11-17-13/h4-7,10-12,16H,3,8-9H2,1-2H3. The number of thiazole rings is 1. The number of rotatable bonds is 7. The van der Waals surface area contributed by atoms with Crippen LogP contribution in [0.1, 0.15) is 31.1 Å². The maximum absolute atomic E-state index is 5.66. The van der Waals surface area contributed by atoms with E-state index >= 15 is 0 Å². The summed E-state index contributed by atoms with van der Waals surface area (Å²) in [4.78, 5) is 4.29. The van der Waals surface area contributed by atoms with Crippen LogP contribution < -0.4 is 10.1 Å². The molecule has 1 atom stereocenters. The minimum Gasteiger partial charge on any atom is -0.494 e. The van der Waals surface area contributed by atoms with E-state index in [9.17, 15) is 0 Å². The molecule has 0 spiro atoms. The number of benzene rings is 1. The van der Waals surface area contributed by atoms with Crippen molar-refractivity contribution in [2.45, 2.75) is 26.3 Å². The molecule has 102 valence electrons. The summed E-state index contributed by atoms with van der Waals surface area (Å²) in [6.45, 7) is 5.80. The van der Waals surface area contributed by atoms with E-state index in [1.54, 1.807) is 11.3 Å². The van der Waals surface area contributed by atoms with Crippen LogP contribution in [0.15, 0.2) is 35.2 Å². The normalized spacial score (nSPS) is 12.3. The van der Waals surface area contributed by atoms with Crippen LogP contribution in [0.5, 0.6) is 5.75 Å². The number of ether oxygens (including phenoxy) is 1. The zero-order chi connectivity index (χ0) is 13.5. The topological polar surface area (TPSA) is 34.1 Å². The lowest BCUT2D eigenvalue weighted by Gasteiger charge is -2.17. The summed E-state index contributed by atoms with van der Waals surface area (Å²) >= 11 is 1.64. The minimum absolute atomic E-state index is 0.279. The predicted molar refractivity (Wildman–Crippen MR) is 79.8 cm³/mol. The van der Waals surface area contributed by atoms with Crippen molar-refractivity contribution in [1.29, 1.82) is 0 Å². The van der Waals surface area contributed by atoms with Gasteiger partial charge in [-0.2, -0.15) is 0 Å². The summed E-state index contributed by atoms with van der Waals surface area (Å²) in [5.41, 5.74) is 4.24. The van der Waals surface area contributed by atoms with E-state index in [2.05, 4.69) is 34.7 Å². The highest BCUT2D eigenvalue weighted by Crippen LogP contribution is 2.24. The van der Waals surface area contributed by atoms with Gasteiger partial charge >= 0.3 is 0 Å². The van der Waals surface area contributed by atoms with Gasteiger partial charge in [0.1, 0.15) is 5.75 Å². The Kier molecular flexibility index (Phi) is 5.36. The van der Waals surface area contributed by atoms with E-state index in [1.807, 2.05) is 24.6 Å². The predicted octanol–water partition coefficient (Wildman–Crippen LogP) is 3.44. The summed E-state index contributed by atoms with van der Waals surface area (Å²) < 4.78 is 5.66. The van der Waals surface area contributed by atoms with Crippen molar-refractivity contribution in [2.75, 3.05) is 13.2 Å². The lowest BCUT2D eigenvalue weighted by molar-refractivity contribution is 0.332. The first kappa shape index (κ1) is 14.0. The van der Waals surface area contributed by atoms with Crippen LogP contribution in [0.25, 0.3) is 0 Å². The Labute approximate surface area is 118 Å². The van der Waals surface area contributed by atoms with Gasteiger partial charge in [0.05, 0.1) is 17.8 Å². The van der Waals surface area contributed by atoms with Crippen LogP contribution in [-0.4, -0.2) is 18.1 Å². The highest BCUT2D eigenvalue weighted by atomic mass is 32.1. The van der Waals surface area contributed by atoms with Gasteiger partial charge in [0.2, 0.25) is 0 Å². The largest absolute Gasteiger partial charge is 0.494 e. The number of hydrogen-bond acceptors (Lipinski definition) is 4. The highest BCUT2D eigenvalue weighted by Gasteiger charge is 2.10. The van der Waals surface area contributed by atoms with Gasteiger partial charge in [0, 0.05) is 30.0 Å². The third-order valence-electron chi connectivity index (χ3n) is 3.00. The van der Waals surface area contributed by atoms with Crippen molar-refractivity contribution >= 4 is 11.3 Å². The average molecular weight is 276 g/mol. The van der Waals surface area contributed by atoms with Gasteiger partial charge in [-0.05, 0) is 19.9 Å². The van der Waals surface area contributed by atoms with E-state index in [0.717, 1.165) is 24.4 Å². The molecular weight excluding hydrogens is 256 g/mol. The van der Waals surface area contributed by atoms with Gasteiger partial charge in [-0.15, -0.1) is 11.3 Å². The Bertz CT molecular complexity index is 485. The molecule has 1 aromatic carbocycles. The Morgan fingerprint density at radius 2 is 2.21 bits per heavy atom. The van der Waals surface area contributed by atoms with E-state index in [-0.39, 0.29) is 6.04 Å². The zero-order valence-corrected chi connectivity index (χ0v) is 12.2. The molecule has 1 aromatic heterocycles. The average Bonchev–Trinajstić information content (AvgIpc) is 2.93. The molecule has 0 aliphatic rings. The molecule has 0 radical (unpaired) electrons. The lowest BCUT2D eigenvalue weighted by Crippen LogP contribution is -2.22. The minimum atomic E-state index is 0.279. The molecule has 0 saturated heterocycles. The first-order valence-corrected chi connectivity index (χ1v) is 7.57. The van der Waals surface area contributed by atoms with Gasteiger partial charge in [-0.3, -0.25) is 0 Å². The van der Waals surface area contributed by atoms with Crippen molar-refractivity contribution in [1.82, 2.24) is 10.3 Å². The van der Waals surface area contributed by atoms with Gasteiger partial charge in [0.15, 0.2) is 0 Å². The fourth-order valence-corrected chi connectivity index (χ4v) is 2.61. The van der Waals surface area contributed by atoms with Gasteiger partial charge in [0.25, 0.3) is 0 Å². The van der Waals surface area contributed by atoms with Gasteiger partial charge in [-0.1, -0.05) is 18.2 Å². The number of nitrogens with zero attached hydrogens (tertiary/aromatic N) is 1. The molecular formula is C15H20N2OS. The Balaban J connectivity index is 1.90. The molecule has 19 heavy (non-hydrogen) atoms. The Morgan fingerprint density at radius 3 is 2.95 bits per heavy atom. The first-order valence-electron chi connectivity index (χ1n) is 6.63. The molecule has 2 aromatic rings.